The van der Waals surface area contributed by atoms with Crippen molar-refractivity contribution in [2.75, 3.05) is 0 Å². The highest BCUT2D eigenvalue weighted by atomic mass is 16.5. The molecule has 0 fully saturated rings. The lowest BCUT2D eigenvalue weighted by molar-refractivity contribution is 0.0619. The lowest BCUT2D eigenvalue weighted by Crippen LogP contribution is -2.36. The molecule has 2 rings (SSSR count). The Labute approximate surface area is 128 Å². The lowest BCUT2D eigenvalue weighted by Gasteiger charge is -2.35. The first-order valence-corrected chi connectivity index (χ1v) is 7.76. The minimum absolute atomic E-state index is 0.0422. The molecule has 0 spiro atoms. The second kappa shape index (κ2) is 4.86. The molecule has 0 amide bonds. The maximum atomic E-state index is 12.4. The summed E-state index contributed by atoms with van der Waals surface area (Å²) in [6.07, 6.45) is 1.52. The number of carbonyl (C=O) groups excluding carboxylic acids is 1. The van der Waals surface area contributed by atoms with Crippen LogP contribution < -0.4 is 4.74 Å². The Bertz CT molecular complexity index is 559. The standard InChI is InChI=1S/C19H28O2/c1-17(2,3)12-18(4,5)13-8-9-16-14(10-13)15(20)11-19(6,7)21-16/h8-10H,11-12H2,1-7H3. The van der Waals surface area contributed by atoms with Crippen LogP contribution in [0, 0.1) is 5.41 Å². The van der Waals surface area contributed by atoms with Crippen molar-refractivity contribution in [3.8, 4) is 5.75 Å². The molecule has 0 aliphatic carbocycles. The normalized spacial score (nSPS) is 18.1. The molecule has 0 saturated carbocycles. The van der Waals surface area contributed by atoms with E-state index in [1.807, 2.05) is 26.0 Å². The van der Waals surface area contributed by atoms with Gasteiger partial charge in [-0.25, -0.2) is 0 Å². The van der Waals surface area contributed by atoms with E-state index >= 15 is 0 Å². The van der Waals surface area contributed by atoms with Gasteiger partial charge in [0, 0.05) is 0 Å². The van der Waals surface area contributed by atoms with E-state index in [2.05, 4.69) is 40.7 Å². The zero-order chi connectivity index (χ0) is 16.1. The Morgan fingerprint density at radius 2 is 1.76 bits per heavy atom. The summed E-state index contributed by atoms with van der Waals surface area (Å²) in [6, 6.07) is 6.12. The van der Waals surface area contributed by atoms with E-state index in [0.717, 1.165) is 17.7 Å². The quantitative estimate of drug-likeness (QED) is 0.752. The summed E-state index contributed by atoms with van der Waals surface area (Å²) < 4.78 is 5.94. The largest absolute Gasteiger partial charge is 0.487 e. The molecule has 1 aliphatic heterocycles. The molecule has 0 saturated heterocycles. The fourth-order valence-corrected chi connectivity index (χ4v) is 3.50. The van der Waals surface area contributed by atoms with Crippen LogP contribution in [0.3, 0.4) is 0 Å². The van der Waals surface area contributed by atoms with Crippen molar-refractivity contribution in [2.24, 2.45) is 5.41 Å². The monoisotopic (exact) mass is 288 g/mol. The molecule has 0 atom stereocenters. The number of fused-ring (bicyclic) bond motifs is 1. The third kappa shape index (κ3) is 3.66. The SMILES string of the molecule is CC(C)(C)CC(C)(C)c1ccc2c(c1)C(=O)CC(C)(C)O2. The van der Waals surface area contributed by atoms with Crippen molar-refractivity contribution in [2.45, 2.75) is 72.3 Å². The molecular formula is C19H28O2. The smallest absolute Gasteiger partial charge is 0.170 e. The van der Waals surface area contributed by atoms with E-state index in [1.54, 1.807) is 0 Å². The third-order valence-electron chi connectivity index (χ3n) is 4.01. The number of ketones is 1. The number of hydrogen-bond acceptors (Lipinski definition) is 2. The van der Waals surface area contributed by atoms with Gasteiger partial charge in [-0.05, 0) is 48.8 Å². The summed E-state index contributed by atoms with van der Waals surface area (Å²) >= 11 is 0. The Morgan fingerprint density at radius 1 is 1.14 bits per heavy atom. The highest BCUT2D eigenvalue weighted by Gasteiger charge is 2.34. The van der Waals surface area contributed by atoms with Crippen LogP contribution >= 0.6 is 0 Å². The maximum absolute atomic E-state index is 12.4. The van der Waals surface area contributed by atoms with E-state index in [0.29, 0.717) is 6.42 Å². The molecule has 0 radical (unpaired) electrons. The zero-order valence-electron chi connectivity index (χ0n) is 14.5. The lowest BCUT2D eigenvalue weighted by atomic mass is 9.72. The van der Waals surface area contributed by atoms with Gasteiger partial charge in [-0.1, -0.05) is 40.7 Å². The van der Waals surface area contributed by atoms with Crippen LogP contribution in [0.1, 0.15) is 77.2 Å². The van der Waals surface area contributed by atoms with Gasteiger partial charge in [0.15, 0.2) is 5.78 Å². The predicted octanol–water partition coefficient (Wildman–Crippen LogP) is 5.14. The number of ether oxygens (including phenoxy) is 1. The molecule has 1 heterocycles. The molecule has 2 nitrogen and oxygen atoms in total. The first-order chi connectivity index (χ1) is 9.40. The molecule has 0 aromatic heterocycles. The average Bonchev–Trinajstić information content (AvgIpc) is 2.23. The molecule has 0 bridgehead atoms. The van der Waals surface area contributed by atoms with Crippen LogP contribution in [0.4, 0.5) is 0 Å². The summed E-state index contributed by atoms with van der Waals surface area (Å²) in [5, 5.41) is 0. The predicted molar refractivity (Wildman–Crippen MR) is 87.2 cm³/mol. The minimum atomic E-state index is -0.396. The number of carbonyl (C=O) groups is 1. The maximum Gasteiger partial charge on any atom is 0.170 e. The summed E-state index contributed by atoms with van der Waals surface area (Å²) in [6.45, 7) is 15.2. The highest BCUT2D eigenvalue weighted by Crippen LogP contribution is 2.40. The van der Waals surface area contributed by atoms with Gasteiger partial charge < -0.3 is 4.74 Å². The number of hydrogen-bond donors (Lipinski definition) is 0. The van der Waals surface area contributed by atoms with Crippen molar-refractivity contribution in [1.82, 2.24) is 0 Å². The Hall–Kier alpha value is -1.31. The average molecular weight is 288 g/mol. The molecular weight excluding hydrogens is 260 g/mol. The van der Waals surface area contributed by atoms with Gasteiger partial charge in [0.05, 0.1) is 12.0 Å². The van der Waals surface area contributed by atoms with Crippen molar-refractivity contribution >= 4 is 5.78 Å². The van der Waals surface area contributed by atoms with E-state index < -0.39 is 5.60 Å². The van der Waals surface area contributed by atoms with Crippen molar-refractivity contribution in [3.05, 3.63) is 29.3 Å². The molecule has 1 aliphatic rings. The van der Waals surface area contributed by atoms with Gasteiger partial charge >= 0.3 is 0 Å². The van der Waals surface area contributed by atoms with Gasteiger partial charge in [0.1, 0.15) is 11.4 Å². The molecule has 0 N–H and O–H groups in total. The minimum Gasteiger partial charge on any atom is -0.487 e. The molecule has 0 unspecified atom stereocenters. The van der Waals surface area contributed by atoms with Crippen LogP contribution in [0.25, 0.3) is 0 Å². The van der Waals surface area contributed by atoms with E-state index in [4.69, 9.17) is 4.74 Å². The summed E-state index contributed by atoms with van der Waals surface area (Å²) in [7, 11) is 0. The molecule has 21 heavy (non-hydrogen) atoms. The van der Waals surface area contributed by atoms with Gasteiger partial charge in [0.2, 0.25) is 0 Å². The number of rotatable bonds is 2. The van der Waals surface area contributed by atoms with Crippen LogP contribution in [-0.4, -0.2) is 11.4 Å². The Morgan fingerprint density at radius 3 is 2.33 bits per heavy atom. The fourth-order valence-electron chi connectivity index (χ4n) is 3.50. The summed E-state index contributed by atoms with van der Waals surface area (Å²) in [5.74, 6) is 0.918. The van der Waals surface area contributed by atoms with Crippen molar-refractivity contribution in [1.29, 1.82) is 0 Å². The van der Waals surface area contributed by atoms with E-state index in [1.165, 1.54) is 5.56 Å². The van der Waals surface area contributed by atoms with Crippen molar-refractivity contribution in [3.63, 3.8) is 0 Å². The summed E-state index contributed by atoms with van der Waals surface area (Å²) in [4.78, 5) is 12.4. The first kappa shape index (κ1) is 16.1. The molecule has 1 aromatic rings. The second-order valence-corrected chi connectivity index (χ2v) is 8.79. The van der Waals surface area contributed by atoms with Crippen LogP contribution in [0.5, 0.6) is 5.75 Å². The van der Waals surface area contributed by atoms with Crippen molar-refractivity contribution < 1.29 is 9.53 Å². The second-order valence-electron chi connectivity index (χ2n) is 8.79. The third-order valence-corrected chi connectivity index (χ3v) is 4.01. The summed E-state index contributed by atoms with van der Waals surface area (Å²) in [5.41, 5.74) is 1.86. The van der Waals surface area contributed by atoms with Gasteiger partial charge in [-0.2, -0.15) is 0 Å². The van der Waals surface area contributed by atoms with Crippen LogP contribution in [0.2, 0.25) is 0 Å². The fraction of sp³-hybridized carbons (Fsp3) is 0.632. The molecule has 116 valence electrons. The Kier molecular flexibility index (Phi) is 3.72. The van der Waals surface area contributed by atoms with Crippen LogP contribution in [0.15, 0.2) is 18.2 Å². The molecule has 1 aromatic carbocycles. The topological polar surface area (TPSA) is 26.3 Å². The zero-order valence-corrected chi connectivity index (χ0v) is 14.5. The van der Waals surface area contributed by atoms with Gasteiger partial charge in [-0.15, -0.1) is 0 Å². The number of benzene rings is 1. The van der Waals surface area contributed by atoms with Gasteiger partial charge in [-0.3, -0.25) is 4.79 Å². The van der Waals surface area contributed by atoms with Gasteiger partial charge in [0.25, 0.3) is 0 Å². The number of Topliss-reactive ketones (excluding diaryl/α,β-unsaturated/α-hetero) is 1. The highest BCUT2D eigenvalue weighted by molar-refractivity contribution is 6.00. The van der Waals surface area contributed by atoms with Crippen LogP contribution in [-0.2, 0) is 5.41 Å². The Balaban J connectivity index is 2.38. The molecule has 2 heteroatoms. The van der Waals surface area contributed by atoms with E-state index in [-0.39, 0.29) is 16.6 Å². The first-order valence-electron chi connectivity index (χ1n) is 7.76. The van der Waals surface area contributed by atoms with E-state index in [9.17, 15) is 4.79 Å².